The van der Waals surface area contributed by atoms with Gasteiger partial charge in [-0.3, -0.25) is 0 Å². The molecule has 2 heterocycles. The number of imidazole rings is 1. The molecule has 4 aromatic rings. The summed E-state index contributed by atoms with van der Waals surface area (Å²) in [6.45, 7) is 11.1. The first-order valence-corrected chi connectivity index (χ1v) is 8.40. The van der Waals surface area contributed by atoms with Gasteiger partial charge in [-0.2, -0.15) is 8.97 Å². The van der Waals surface area contributed by atoms with Gasteiger partial charge in [0.1, 0.15) is 5.69 Å². The van der Waals surface area contributed by atoms with Crippen molar-refractivity contribution in [2.75, 3.05) is 0 Å². The molecule has 0 aliphatic heterocycles. The van der Waals surface area contributed by atoms with Gasteiger partial charge >= 0.3 is 5.71 Å². The van der Waals surface area contributed by atoms with E-state index in [1.165, 1.54) is 17.1 Å². The van der Waals surface area contributed by atoms with E-state index >= 15 is 0 Å². The molecule has 24 heavy (non-hydrogen) atoms. The van der Waals surface area contributed by atoms with E-state index in [0.717, 1.165) is 22.5 Å². The minimum absolute atomic E-state index is 0.0356. The first-order valence-electron chi connectivity index (χ1n) is 8.40. The number of aromatic nitrogens is 2. The highest BCUT2D eigenvalue weighted by Crippen LogP contribution is 2.31. The van der Waals surface area contributed by atoms with Crippen molar-refractivity contribution in [3.8, 4) is 5.69 Å². The molecule has 122 valence electrons. The van der Waals surface area contributed by atoms with Gasteiger partial charge < -0.3 is 4.42 Å². The third-order valence-corrected chi connectivity index (χ3v) is 4.61. The van der Waals surface area contributed by atoms with Crippen molar-refractivity contribution in [3.63, 3.8) is 0 Å². The maximum atomic E-state index is 6.20. The fourth-order valence-electron chi connectivity index (χ4n) is 3.57. The highest BCUT2D eigenvalue weighted by Gasteiger charge is 2.37. The largest absolute Gasteiger partial charge is 0.415 e. The summed E-state index contributed by atoms with van der Waals surface area (Å²) in [5, 5.41) is 0. The number of hydrogen-bond acceptors (Lipinski definition) is 1. The second-order valence-corrected chi connectivity index (χ2v) is 7.49. The number of benzene rings is 2. The quantitative estimate of drug-likeness (QED) is 0.459. The first kappa shape index (κ1) is 15.0. The Morgan fingerprint density at radius 1 is 0.917 bits per heavy atom. The number of oxazole rings is 1. The lowest BCUT2D eigenvalue weighted by Crippen LogP contribution is -2.34. The predicted molar refractivity (Wildman–Crippen MR) is 96.9 cm³/mol. The van der Waals surface area contributed by atoms with Gasteiger partial charge in [0, 0.05) is 6.92 Å². The van der Waals surface area contributed by atoms with E-state index in [-0.39, 0.29) is 5.41 Å². The van der Waals surface area contributed by atoms with Crippen LogP contribution >= 0.6 is 0 Å². The van der Waals surface area contributed by atoms with Crippen LogP contribution in [-0.4, -0.2) is 4.57 Å². The molecule has 0 radical (unpaired) electrons. The zero-order valence-electron chi connectivity index (χ0n) is 14.9. The molecule has 4 rings (SSSR count). The number of hydrogen-bond donors (Lipinski definition) is 0. The number of para-hydroxylation sites is 3. The lowest BCUT2D eigenvalue weighted by Gasteiger charge is -2.16. The Bertz CT molecular complexity index is 1060. The Balaban J connectivity index is 2.22. The van der Waals surface area contributed by atoms with Crippen molar-refractivity contribution in [1.82, 2.24) is 4.57 Å². The summed E-state index contributed by atoms with van der Waals surface area (Å²) in [4.78, 5) is 0. The first-order chi connectivity index (χ1) is 11.4. The van der Waals surface area contributed by atoms with Crippen LogP contribution < -0.4 is 4.40 Å². The van der Waals surface area contributed by atoms with Crippen LogP contribution in [0.1, 0.15) is 37.9 Å². The van der Waals surface area contributed by atoms with Crippen LogP contribution in [0.4, 0.5) is 0 Å². The van der Waals surface area contributed by atoms with E-state index in [1.807, 2.05) is 12.1 Å². The topological polar surface area (TPSA) is 22.2 Å². The molecule has 0 spiro atoms. The van der Waals surface area contributed by atoms with E-state index in [0.29, 0.717) is 0 Å². The molecule has 0 saturated heterocycles. The smallest absolute Gasteiger partial charge is 0.339 e. The Morgan fingerprint density at radius 2 is 1.58 bits per heavy atom. The Morgan fingerprint density at radius 3 is 2.29 bits per heavy atom. The van der Waals surface area contributed by atoms with Gasteiger partial charge in [-0.1, -0.05) is 30.3 Å². The van der Waals surface area contributed by atoms with E-state index in [2.05, 4.69) is 80.0 Å². The fraction of sp³-hybridized carbons (Fsp3) is 0.286. The molecule has 0 aliphatic carbocycles. The van der Waals surface area contributed by atoms with Gasteiger partial charge in [0.25, 0.3) is 5.82 Å². The fourth-order valence-corrected chi connectivity index (χ4v) is 3.57. The number of aryl methyl sites for hydroxylation is 2. The minimum Gasteiger partial charge on any atom is -0.415 e. The van der Waals surface area contributed by atoms with Crippen LogP contribution in [0.25, 0.3) is 22.5 Å². The van der Waals surface area contributed by atoms with Crippen molar-refractivity contribution >= 4 is 16.8 Å². The molecule has 3 nitrogen and oxygen atoms in total. The number of fused-ring (bicyclic) bond motifs is 3. The van der Waals surface area contributed by atoms with Crippen molar-refractivity contribution in [2.24, 2.45) is 0 Å². The average Bonchev–Trinajstić information content (AvgIpc) is 3.03. The zero-order chi connectivity index (χ0) is 17.1. The maximum absolute atomic E-state index is 6.20. The SMILES string of the molecule is Cc1ccccc1-n1c(C)c2oc3ccccc3[n+]2c1C(C)(C)C. The van der Waals surface area contributed by atoms with Gasteiger partial charge in [0.05, 0.1) is 5.41 Å². The van der Waals surface area contributed by atoms with Gasteiger partial charge in [-0.25, -0.2) is 0 Å². The van der Waals surface area contributed by atoms with Crippen LogP contribution in [0.15, 0.2) is 52.9 Å². The highest BCUT2D eigenvalue weighted by atomic mass is 16.3. The molecule has 0 amide bonds. The Kier molecular flexibility index (Phi) is 3.11. The standard InChI is InChI=1S/C21H23N2O/c1-14-10-6-7-11-16(14)22-15(2)19-23(20(22)21(3,4)5)17-12-8-9-13-18(17)24-19/h6-13H,1-5H3/q+1. The zero-order valence-corrected chi connectivity index (χ0v) is 14.9. The van der Waals surface area contributed by atoms with Crippen LogP contribution in [0, 0.1) is 13.8 Å². The van der Waals surface area contributed by atoms with Gasteiger partial charge in [-0.05, 0) is 51.5 Å². The molecule has 0 unspecified atom stereocenters. The Hall–Kier alpha value is -2.55. The summed E-state index contributed by atoms with van der Waals surface area (Å²) in [6.07, 6.45) is 0. The molecule has 0 aliphatic rings. The molecule has 0 N–H and O–H groups in total. The Labute approximate surface area is 142 Å². The van der Waals surface area contributed by atoms with Crippen molar-refractivity contribution in [1.29, 1.82) is 0 Å². The molecule has 2 aromatic carbocycles. The van der Waals surface area contributed by atoms with E-state index in [9.17, 15) is 0 Å². The molecule has 0 fully saturated rings. The average molecular weight is 319 g/mol. The molecular weight excluding hydrogens is 296 g/mol. The summed E-state index contributed by atoms with van der Waals surface area (Å²) in [6, 6.07) is 16.8. The summed E-state index contributed by atoms with van der Waals surface area (Å²) < 4.78 is 10.8. The maximum Gasteiger partial charge on any atom is 0.339 e. The van der Waals surface area contributed by atoms with Crippen LogP contribution in [-0.2, 0) is 5.41 Å². The molecular formula is C21H23N2O+. The predicted octanol–water partition coefficient (Wildman–Crippen LogP) is 4.88. The number of nitrogens with zero attached hydrogens (tertiary/aromatic N) is 2. The second kappa shape index (κ2) is 4.97. The molecule has 0 saturated carbocycles. The lowest BCUT2D eigenvalue weighted by molar-refractivity contribution is -0.501. The van der Waals surface area contributed by atoms with Crippen molar-refractivity contribution in [3.05, 3.63) is 65.6 Å². The van der Waals surface area contributed by atoms with Crippen LogP contribution in [0.3, 0.4) is 0 Å². The van der Waals surface area contributed by atoms with Gasteiger partial charge in [-0.15, -0.1) is 0 Å². The number of rotatable bonds is 1. The third kappa shape index (κ3) is 2.01. The summed E-state index contributed by atoms with van der Waals surface area (Å²) in [5.74, 6) is 1.23. The normalized spacial score (nSPS) is 12.4. The lowest BCUT2D eigenvalue weighted by atomic mass is 9.95. The molecule has 3 heteroatoms. The van der Waals surface area contributed by atoms with Crippen molar-refractivity contribution in [2.45, 2.75) is 40.0 Å². The van der Waals surface area contributed by atoms with Gasteiger partial charge in [0.15, 0.2) is 16.8 Å². The minimum atomic E-state index is -0.0356. The summed E-state index contributed by atoms with van der Waals surface area (Å²) in [7, 11) is 0. The molecule has 2 aromatic heterocycles. The molecule has 0 bridgehead atoms. The summed E-state index contributed by atoms with van der Waals surface area (Å²) >= 11 is 0. The van der Waals surface area contributed by atoms with E-state index in [1.54, 1.807) is 0 Å². The monoisotopic (exact) mass is 319 g/mol. The van der Waals surface area contributed by atoms with Crippen molar-refractivity contribution < 1.29 is 8.82 Å². The highest BCUT2D eigenvalue weighted by molar-refractivity contribution is 5.71. The summed E-state index contributed by atoms with van der Waals surface area (Å²) in [5.41, 5.74) is 6.53. The second-order valence-electron chi connectivity index (χ2n) is 7.49. The molecule has 0 atom stereocenters. The van der Waals surface area contributed by atoms with Gasteiger partial charge in [0.2, 0.25) is 0 Å². The van der Waals surface area contributed by atoms with Crippen LogP contribution in [0.2, 0.25) is 0 Å². The van der Waals surface area contributed by atoms with Crippen LogP contribution in [0.5, 0.6) is 0 Å². The van der Waals surface area contributed by atoms with E-state index in [4.69, 9.17) is 4.42 Å². The third-order valence-electron chi connectivity index (χ3n) is 4.61. The van der Waals surface area contributed by atoms with E-state index < -0.39 is 0 Å².